The lowest BCUT2D eigenvalue weighted by Crippen LogP contribution is -2.05. The summed E-state index contributed by atoms with van der Waals surface area (Å²) in [5, 5.41) is 0. The van der Waals surface area contributed by atoms with Crippen LogP contribution in [0.25, 0.3) is 0 Å². The zero-order valence-electron chi connectivity index (χ0n) is 4.33. The summed E-state index contributed by atoms with van der Waals surface area (Å²) in [6, 6.07) is 0. The Hall–Kier alpha value is -0.580. The summed E-state index contributed by atoms with van der Waals surface area (Å²) in [4.78, 5) is 9.38. The maximum absolute atomic E-state index is 10.1. The normalized spacial score (nSPS) is 10.6. The average molecular weight is 138 g/mol. The molecule has 0 amide bonds. The van der Waals surface area contributed by atoms with E-state index in [0.29, 0.717) is 0 Å². The monoisotopic (exact) mass is 138 g/mol. The fourth-order valence-electron chi connectivity index (χ4n) is 0.128. The number of carbonyl (C=O) groups is 1. The van der Waals surface area contributed by atoms with Gasteiger partial charge in [-0.1, -0.05) is 0 Å². The molecule has 0 bridgehead atoms. The van der Waals surface area contributed by atoms with Crippen LogP contribution in [-0.2, 0) is 19.1 Å². The molecule has 0 fully saturated rings. The van der Waals surface area contributed by atoms with Gasteiger partial charge in [-0.05, 0) is 6.92 Å². The molecule has 5 heteroatoms. The van der Waals surface area contributed by atoms with Crippen LogP contribution in [0.4, 0.5) is 0 Å². The van der Waals surface area contributed by atoms with Crippen molar-refractivity contribution in [3.63, 3.8) is 0 Å². The summed E-state index contributed by atoms with van der Waals surface area (Å²) in [7, 11) is -3.54. The third-order valence-electron chi connectivity index (χ3n) is 0.539. The van der Waals surface area contributed by atoms with Crippen LogP contribution >= 0.6 is 0 Å². The molecule has 0 aliphatic rings. The number of carbonyl (C=O) groups excluding carboxylic acids is 1. The van der Waals surface area contributed by atoms with Crippen molar-refractivity contribution >= 4 is 16.6 Å². The highest BCUT2D eigenvalue weighted by Gasteiger charge is 2.03. The molecule has 0 unspecified atom stereocenters. The van der Waals surface area contributed by atoms with E-state index in [1.54, 1.807) is 0 Å². The van der Waals surface area contributed by atoms with Gasteiger partial charge in [0.2, 0.25) is 0 Å². The zero-order valence-corrected chi connectivity index (χ0v) is 5.14. The number of hydrogen-bond donors (Lipinski definition) is 0. The standard InChI is InChI=1S/C3H6O4S/c1-2-8(5,6)7-3-4/h3H,2H2,1H3. The van der Waals surface area contributed by atoms with Crippen molar-refractivity contribution in [3.05, 3.63) is 0 Å². The molecule has 0 aromatic carbocycles. The molecule has 0 saturated heterocycles. The molecule has 8 heavy (non-hydrogen) atoms. The molecule has 0 aromatic heterocycles. The highest BCUT2D eigenvalue weighted by Crippen LogP contribution is 1.86. The Morgan fingerprint density at radius 3 is 2.25 bits per heavy atom. The van der Waals surface area contributed by atoms with Crippen molar-refractivity contribution in [3.8, 4) is 0 Å². The molecular weight excluding hydrogens is 132 g/mol. The van der Waals surface area contributed by atoms with Crippen molar-refractivity contribution in [1.82, 2.24) is 0 Å². The zero-order chi connectivity index (χ0) is 6.62. The van der Waals surface area contributed by atoms with Crippen LogP contribution in [0.3, 0.4) is 0 Å². The fraction of sp³-hybridized carbons (Fsp3) is 0.667. The largest absolute Gasteiger partial charge is 0.349 e. The van der Waals surface area contributed by atoms with Crippen molar-refractivity contribution in [2.24, 2.45) is 0 Å². The van der Waals surface area contributed by atoms with Crippen molar-refractivity contribution < 1.29 is 17.4 Å². The Morgan fingerprint density at radius 2 is 2.12 bits per heavy atom. The fourth-order valence-corrected chi connectivity index (χ4v) is 0.384. The molecule has 0 rings (SSSR count). The third-order valence-corrected chi connectivity index (χ3v) is 1.62. The molecular formula is C3H6O4S. The van der Waals surface area contributed by atoms with Gasteiger partial charge in [0.05, 0.1) is 5.75 Å². The van der Waals surface area contributed by atoms with Crippen LogP contribution < -0.4 is 0 Å². The van der Waals surface area contributed by atoms with Crippen LogP contribution in [0.15, 0.2) is 0 Å². The predicted octanol–water partition coefficient (Wildman–Crippen LogP) is -0.491. The molecule has 48 valence electrons. The lowest BCUT2D eigenvalue weighted by atomic mass is 11.0. The topological polar surface area (TPSA) is 60.4 Å². The van der Waals surface area contributed by atoms with Gasteiger partial charge in [-0.3, -0.25) is 4.79 Å². The molecule has 0 saturated carbocycles. The van der Waals surface area contributed by atoms with Crippen LogP contribution in [0.5, 0.6) is 0 Å². The molecule has 4 nitrogen and oxygen atoms in total. The summed E-state index contributed by atoms with van der Waals surface area (Å²) in [5.41, 5.74) is 0. The molecule has 0 heterocycles. The van der Waals surface area contributed by atoms with Crippen LogP contribution in [-0.4, -0.2) is 20.6 Å². The second-order valence-electron chi connectivity index (χ2n) is 1.04. The predicted molar refractivity (Wildman–Crippen MR) is 26.6 cm³/mol. The molecule has 0 aliphatic heterocycles. The van der Waals surface area contributed by atoms with Gasteiger partial charge in [-0.15, -0.1) is 0 Å². The second kappa shape index (κ2) is 2.66. The van der Waals surface area contributed by atoms with E-state index in [9.17, 15) is 13.2 Å². The van der Waals surface area contributed by atoms with E-state index in [-0.39, 0.29) is 12.2 Å². The minimum atomic E-state index is -3.54. The maximum atomic E-state index is 10.1. The molecule has 0 aliphatic carbocycles. The minimum absolute atomic E-state index is 0.0984. The Balaban J connectivity index is 3.94. The summed E-state index contributed by atoms with van der Waals surface area (Å²) < 4.78 is 24.0. The van der Waals surface area contributed by atoms with E-state index in [1.165, 1.54) is 6.92 Å². The Morgan fingerprint density at radius 1 is 1.62 bits per heavy atom. The van der Waals surface area contributed by atoms with Gasteiger partial charge in [0.15, 0.2) is 0 Å². The van der Waals surface area contributed by atoms with Gasteiger partial charge in [0.25, 0.3) is 0 Å². The quantitative estimate of drug-likeness (QED) is 0.390. The first kappa shape index (κ1) is 7.42. The molecule has 0 aromatic rings. The second-order valence-corrected chi connectivity index (χ2v) is 2.92. The minimum Gasteiger partial charge on any atom is -0.349 e. The smallest absolute Gasteiger partial charge is 0.311 e. The van der Waals surface area contributed by atoms with Crippen LogP contribution in [0, 0.1) is 0 Å². The van der Waals surface area contributed by atoms with E-state index in [1.807, 2.05) is 0 Å². The maximum Gasteiger partial charge on any atom is 0.311 e. The number of hydrogen-bond acceptors (Lipinski definition) is 4. The van der Waals surface area contributed by atoms with Gasteiger partial charge in [-0.2, -0.15) is 8.42 Å². The van der Waals surface area contributed by atoms with Crippen molar-refractivity contribution in [2.45, 2.75) is 6.92 Å². The van der Waals surface area contributed by atoms with Crippen LogP contribution in [0.1, 0.15) is 6.92 Å². The van der Waals surface area contributed by atoms with E-state index in [0.717, 1.165) is 0 Å². The van der Waals surface area contributed by atoms with Gasteiger partial charge >= 0.3 is 16.6 Å². The van der Waals surface area contributed by atoms with Gasteiger partial charge < -0.3 is 4.18 Å². The van der Waals surface area contributed by atoms with E-state index in [4.69, 9.17) is 0 Å². The van der Waals surface area contributed by atoms with Gasteiger partial charge in [-0.25, -0.2) is 0 Å². The molecule has 0 spiro atoms. The Kier molecular flexibility index (Phi) is 2.47. The third kappa shape index (κ3) is 2.57. The van der Waals surface area contributed by atoms with Crippen LogP contribution in [0.2, 0.25) is 0 Å². The lowest BCUT2D eigenvalue weighted by Gasteiger charge is -1.91. The highest BCUT2D eigenvalue weighted by molar-refractivity contribution is 7.87. The van der Waals surface area contributed by atoms with E-state index in [2.05, 4.69) is 4.18 Å². The molecule has 0 atom stereocenters. The average Bonchev–Trinajstić information content (AvgIpc) is 1.67. The summed E-state index contributed by atoms with van der Waals surface area (Å²) in [6.45, 7) is 1.29. The first-order chi connectivity index (χ1) is 3.62. The van der Waals surface area contributed by atoms with E-state index < -0.39 is 10.1 Å². The Bertz CT molecular complexity index is 156. The summed E-state index contributed by atoms with van der Waals surface area (Å²) >= 11 is 0. The summed E-state index contributed by atoms with van der Waals surface area (Å²) in [5.74, 6) is -0.175. The highest BCUT2D eigenvalue weighted by atomic mass is 32.2. The van der Waals surface area contributed by atoms with Crippen molar-refractivity contribution in [2.75, 3.05) is 5.75 Å². The SMILES string of the molecule is CCS(=O)(=O)OC=O. The summed E-state index contributed by atoms with van der Waals surface area (Å²) in [6.07, 6.45) is 0. The van der Waals surface area contributed by atoms with Gasteiger partial charge in [0.1, 0.15) is 0 Å². The van der Waals surface area contributed by atoms with E-state index >= 15 is 0 Å². The molecule has 0 N–H and O–H groups in total. The van der Waals surface area contributed by atoms with Crippen molar-refractivity contribution in [1.29, 1.82) is 0 Å². The first-order valence-corrected chi connectivity index (χ1v) is 3.54. The first-order valence-electron chi connectivity index (χ1n) is 1.97. The lowest BCUT2D eigenvalue weighted by molar-refractivity contribution is -0.120. The Labute approximate surface area is 47.6 Å². The number of rotatable bonds is 3. The van der Waals surface area contributed by atoms with Gasteiger partial charge in [0, 0.05) is 0 Å². The molecule has 0 radical (unpaired) electrons.